The summed E-state index contributed by atoms with van der Waals surface area (Å²) < 4.78 is 5.14. The van der Waals surface area contributed by atoms with Crippen molar-refractivity contribution in [2.45, 2.75) is 19.3 Å². The first kappa shape index (κ1) is 9.06. The molecule has 14 heavy (non-hydrogen) atoms. The topological polar surface area (TPSA) is 38.3 Å². The quantitative estimate of drug-likeness (QED) is 0.737. The lowest BCUT2D eigenvalue weighted by Crippen LogP contribution is -2.09. The van der Waals surface area contributed by atoms with Crippen LogP contribution in [0.2, 0.25) is 0 Å². The number of fused-ring (bicyclic) bond motifs is 1. The molecule has 1 aliphatic heterocycles. The van der Waals surface area contributed by atoms with E-state index in [1.165, 1.54) is 0 Å². The first-order valence-corrected chi connectivity index (χ1v) is 4.76. The van der Waals surface area contributed by atoms with Crippen LogP contribution >= 0.6 is 0 Å². The first-order chi connectivity index (χ1) is 6.79. The third-order valence-corrected chi connectivity index (χ3v) is 2.44. The summed E-state index contributed by atoms with van der Waals surface area (Å²) in [6.07, 6.45) is 2.45. The van der Waals surface area contributed by atoms with Crippen LogP contribution in [0.25, 0.3) is 0 Å². The highest BCUT2D eigenvalue weighted by Crippen LogP contribution is 2.25. The molecule has 1 amide bonds. The lowest BCUT2D eigenvalue weighted by Gasteiger charge is -2.08. The lowest BCUT2D eigenvalue weighted by molar-refractivity contribution is -0.116. The Kier molecular flexibility index (Phi) is 2.39. The van der Waals surface area contributed by atoms with Gasteiger partial charge in [-0.05, 0) is 36.6 Å². The van der Waals surface area contributed by atoms with Gasteiger partial charge in [0.2, 0.25) is 5.91 Å². The Bertz CT molecular complexity index is 360. The molecule has 1 aromatic rings. The number of hydrogen-bond acceptors (Lipinski definition) is 2. The zero-order valence-corrected chi connectivity index (χ0v) is 8.17. The predicted octanol–water partition coefficient (Wildman–Crippen LogP) is 1.97. The van der Waals surface area contributed by atoms with Crippen LogP contribution in [0.15, 0.2) is 18.2 Å². The largest absolute Gasteiger partial charge is 0.497 e. The zero-order valence-electron chi connectivity index (χ0n) is 8.17. The highest BCUT2D eigenvalue weighted by molar-refractivity contribution is 5.92. The van der Waals surface area contributed by atoms with Gasteiger partial charge >= 0.3 is 0 Å². The highest BCUT2D eigenvalue weighted by atomic mass is 16.5. The monoisotopic (exact) mass is 191 g/mol. The van der Waals surface area contributed by atoms with Crippen LogP contribution in [-0.2, 0) is 11.2 Å². The SMILES string of the molecule is COc1ccc2c(c1)CCCC(=O)N2. The Morgan fingerprint density at radius 2 is 2.21 bits per heavy atom. The molecule has 1 heterocycles. The number of nitrogens with one attached hydrogen (secondary N) is 1. The summed E-state index contributed by atoms with van der Waals surface area (Å²) >= 11 is 0. The second kappa shape index (κ2) is 3.70. The number of aryl methyl sites for hydroxylation is 1. The minimum absolute atomic E-state index is 0.105. The Labute approximate surface area is 83.1 Å². The highest BCUT2D eigenvalue weighted by Gasteiger charge is 2.12. The second-order valence-corrected chi connectivity index (χ2v) is 3.42. The minimum atomic E-state index is 0.105. The Morgan fingerprint density at radius 3 is 3.00 bits per heavy atom. The molecule has 0 aromatic heterocycles. The van der Waals surface area contributed by atoms with Crippen molar-refractivity contribution < 1.29 is 9.53 Å². The van der Waals surface area contributed by atoms with Crippen LogP contribution in [0.1, 0.15) is 18.4 Å². The molecule has 0 unspecified atom stereocenters. The van der Waals surface area contributed by atoms with Crippen LogP contribution in [0.4, 0.5) is 5.69 Å². The number of benzene rings is 1. The summed E-state index contributed by atoms with van der Waals surface area (Å²) in [7, 11) is 1.65. The molecule has 1 aromatic carbocycles. The van der Waals surface area contributed by atoms with Gasteiger partial charge in [-0.1, -0.05) is 0 Å². The molecule has 0 radical (unpaired) electrons. The van der Waals surface area contributed by atoms with Crippen LogP contribution in [0.3, 0.4) is 0 Å². The maximum atomic E-state index is 11.3. The molecule has 2 rings (SSSR count). The van der Waals surface area contributed by atoms with Crippen molar-refractivity contribution >= 4 is 11.6 Å². The van der Waals surface area contributed by atoms with Crippen molar-refractivity contribution in [3.05, 3.63) is 23.8 Å². The average Bonchev–Trinajstić information content (AvgIpc) is 2.37. The van der Waals surface area contributed by atoms with Gasteiger partial charge < -0.3 is 10.1 Å². The third kappa shape index (κ3) is 1.71. The first-order valence-electron chi connectivity index (χ1n) is 4.76. The lowest BCUT2D eigenvalue weighted by atomic mass is 10.1. The van der Waals surface area contributed by atoms with Crippen LogP contribution < -0.4 is 10.1 Å². The average molecular weight is 191 g/mol. The number of amides is 1. The maximum absolute atomic E-state index is 11.3. The summed E-state index contributed by atoms with van der Waals surface area (Å²) in [5.74, 6) is 0.953. The van der Waals surface area contributed by atoms with E-state index in [-0.39, 0.29) is 5.91 Å². The summed E-state index contributed by atoms with van der Waals surface area (Å²) in [4.78, 5) is 11.3. The number of carbonyl (C=O) groups excluding carboxylic acids is 1. The molecule has 0 bridgehead atoms. The third-order valence-electron chi connectivity index (χ3n) is 2.44. The molecule has 1 N–H and O–H groups in total. The smallest absolute Gasteiger partial charge is 0.224 e. The molecule has 3 nitrogen and oxygen atoms in total. The van der Waals surface area contributed by atoms with Gasteiger partial charge in [0.05, 0.1) is 7.11 Å². The summed E-state index contributed by atoms with van der Waals surface area (Å²) in [5.41, 5.74) is 2.09. The van der Waals surface area contributed by atoms with Crippen molar-refractivity contribution in [2.75, 3.05) is 12.4 Å². The van der Waals surface area contributed by atoms with E-state index in [0.717, 1.165) is 29.8 Å². The number of ether oxygens (including phenoxy) is 1. The fourth-order valence-corrected chi connectivity index (χ4v) is 1.68. The minimum Gasteiger partial charge on any atom is -0.497 e. The summed E-state index contributed by atoms with van der Waals surface area (Å²) in [6, 6.07) is 5.75. The molecule has 0 saturated carbocycles. The molecule has 3 heteroatoms. The Balaban J connectivity index is 2.35. The second-order valence-electron chi connectivity index (χ2n) is 3.42. The van der Waals surface area contributed by atoms with Crippen LogP contribution in [0, 0.1) is 0 Å². The fraction of sp³-hybridized carbons (Fsp3) is 0.364. The summed E-state index contributed by atoms with van der Waals surface area (Å²) in [6.45, 7) is 0. The van der Waals surface area contributed by atoms with Crippen LogP contribution in [-0.4, -0.2) is 13.0 Å². The molecule has 0 spiro atoms. The van der Waals surface area contributed by atoms with E-state index in [4.69, 9.17) is 4.74 Å². The van der Waals surface area contributed by atoms with Crippen LogP contribution in [0.5, 0.6) is 5.75 Å². The summed E-state index contributed by atoms with van der Waals surface area (Å²) in [5, 5.41) is 2.88. The van der Waals surface area contributed by atoms with Gasteiger partial charge in [0.1, 0.15) is 5.75 Å². The van der Waals surface area contributed by atoms with E-state index in [0.29, 0.717) is 6.42 Å². The number of hydrogen-bond donors (Lipinski definition) is 1. The molecule has 0 saturated heterocycles. The van der Waals surface area contributed by atoms with Gasteiger partial charge in [-0.25, -0.2) is 0 Å². The van der Waals surface area contributed by atoms with Crippen molar-refractivity contribution in [1.29, 1.82) is 0 Å². The molecular formula is C11H13NO2. The normalized spacial score (nSPS) is 15.4. The van der Waals surface area contributed by atoms with E-state index in [2.05, 4.69) is 5.32 Å². The maximum Gasteiger partial charge on any atom is 0.224 e. The molecule has 0 fully saturated rings. The van der Waals surface area contributed by atoms with Gasteiger partial charge in [0.25, 0.3) is 0 Å². The number of anilines is 1. The van der Waals surface area contributed by atoms with Crippen molar-refractivity contribution in [2.24, 2.45) is 0 Å². The van der Waals surface area contributed by atoms with E-state index in [1.807, 2.05) is 18.2 Å². The van der Waals surface area contributed by atoms with Crippen molar-refractivity contribution in [1.82, 2.24) is 0 Å². The fourth-order valence-electron chi connectivity index (χ4n) is 1.68. The van der Waals surface area contributed by atoms with Gasteiger partial charge in [0, 0.05) is 12.1 Å². The van der Waals surface area contributed by atoms with Crippen molar-refractivity contribution in [3.63, 3.8) is 0 Å². The predicted molar refractivity (Wildman–Crippen MR) is 54.6 cm³/mol. The van der Waals surface area contributed by atoms with Gasteiger partial charge in [-0.15, -0.1) is 0 Å². The van der Waals surface area contributed by atoms with Gasteiger partial charge in [-0.2, -0.15) is 0 Å². The zero-order chi connectivity index (χ0) is 9.97. The molecule has 0 aliphatic carbocycles. The molecular weight excluding hydrogens is 178 g/mol. The molecule has 1 aliphatic rings. The standard InChI is InChI=1S/C11H13NO2/c1-14-9-5-6-10-8(7-9)3-2-4-11(13)12-10/h5-7H,2-4H2,1H3,(H,12,13). The Morgan fingerprint density at radius 1 is 1.36 bits per heavy atom. The molecule has 0 atom stereocenters. The van der Waals surface area contributed by atoms with E-state index in [9.17, 15) is 4.79 Å². The molecule has 74 valence electrons. The number of methoxy groups -OCH3 is 1. The van der Waals surface area contributed by atoms with Gasteiger partial charge in [-0.3, -0.25) is 4.79 Å². The Hall–Kier alpha value is -1.51. The van der Waals surface area contributed by atoms with E-state index in [1.54, 1.807) is 7.11 Å². The van der Waals surface area contributed by atoms with E-state index >= 15 is 0 Å². The number of rotatable bonds is 1. The number of carbonyl (C=O) groups is 1. The van der Waals surface area contributed by atoms with Crippen molar-refractivity contribution in [3.8, 4) is 5.75 Å². The van der Waals surface area contributed by atoms with E-state index < -0.39 is 0 Å². The van der Waals surface area contributed by atoms with Gasteiger partial charge in [0.15, 0.2) is 0 Å².